The van der Waals surface area contributed by atoms with Crippen LogP contribution in [-0.4, -0.2) is 18.0 Å². The number of hydrogen-bond donors (Lipinski definition) is 2. The van der Waals surface area contributed by atoms with Crippen molar-refractivity contribution in [2.24, 2.45) is 0 Å². The summed E-state index contributed by atoms with van der Waals surface area (Å²) < 4.78 is 40.0. The summed E-state index contributed by atoms with van der Waals surface area (Å²) in [5, 5.41) is 6.35. The predicted octanol–water partition coefficient (Wildman–Crippen LogP) is 4.11. The van der Waals surface area contributed by atoms with E-state index in [0.717, 1.165) is 6.42 Å². The second kappa shape index (κ2) is 7.82. The van der Waals surface area contributed by atoms with Crippen LogP contribution in [0.5, 0.6) is 5.75 Å². The van der Waals surface area contributed by atoms with Crippen molar-refractivity contribution in [2.75, 3.05) is 11.9 Å². The van der Waals surface area contributed by atoms with Gasteiger partial charge in [0.25, 0.3) is 0 Å². The minimum absolute atomic E-state index is 0.272. The second-order valence-electron chi connectivity index (χ2n) is 4.69. The number of benzene rings is 2. The van der Waals surface area contributed by atoms with Crippen LogP contribution in [0.15, 0.2) is 54.6 Å². The fourth-order valence-electron chi connectivity index (χ4n) is 1.88. The SMILES string of the molecule is FC(F)(F)Oc1ccc(NC(=S)NCCc2ccccc2)cc1. The summed E-state index contributed by atoms with van der Waals surface area (Å²) >= 11 is 5.14. The highest BCUT2D eigenvalue weighted by Crippen LogP contribution is 2.23. The highest BCUT2D eigenvalue weighted by molar-refractivity contribution is 7.80. The Morgan fingerprint density at radius 2 is 1.65 bits per heavy atom. The molecule has 0 aliphatic heterocycles. The van der Waals surface area contributed by atoms with Crippen LogP contribution < -0.4 is 15.4 Å². The third-order valence-corrected chi connectivity index (χ3v) is 3.13. The summed E-state index contributed by atoms with van der Waals surface area (Å²) in [6.07, 6.45) is -3.87. The van der Waals surface area contributed by atoms with Gasteiger partial charge in [-0.1, -0.05) is 30.3 Å². The minimum atomic E-state index is -4.69. The van der Waals surface area contributed by atoms with Gasteiger partial charge in [0.15, 0.2) is 5.11 Å². The van der Waals surface area contributed by atoms with E-state index in [1.54, 1.807) is 0 Å². The predicted molar refractivity (Wildman–Crippen MR) is 87.5 cm³/mol. The van der Waals surface area contributed by atoms with Gasteiger partial charge >= 0.3 is 6.36 Å². The number of nitrogens with one attached hydrogen (secondary N) is 2. The molecule has 23 heavy (non-hydrogen) atoms. The first-order valence-electron chi connectivity index (χ1n) is 6.87. The molecule has 0 radical (unpaired) electrons. The quantitative estimate of drug-likeness (QED) is 0.803. The first-order valence-corrected chi connectivity index (χ1v) is 7.28. The second-order valence-corrected chi connectivity index (χ2v) is 5.10. The van der Waals surface area contributed by atoms with Gasteiger partial charge in [-0.25, -0.2) is 0 Å². The number of halogens is 3. The molecule has 0 aromatic heterocycles. The Kier molecular flexibility index (Phi) is 5.81. The van der Waals surface area contributed by atoms with Crippen LogP contribution in [-0.2, 0) is 6.42 Å². The van der Waals surface area contributed by atoms with Gasteiger partial charge in [-0.05, 0) is 48.5 Å². The monoisotopic (exact) mass is 340 g/mol. The van der Waals surface area contributed by atoms with Crippen molar-refractivity contribution in [3.05, 3.63) is 60.2 Å². The summed E-state index contributed by atoms with van der Waals surface area (Å²) in [6, 6.07) is 15.3. The Labute approximate surface area is 137 Å². The van der Waals surface area contributed by atoms with E-state index in [4.69, 9.17) is 12.2 Å². The largest absolute Gasteiger partial charge is 0.573 e. The van der Waals surface area contributed by atoms with E-state index in [-0.39, 0.29) is 5.75 Å². The van der Waals surface area contributed by atoms with Crippen LogP contribution in [0.4, 0.5) is 18.9 Å². The normalized spacial score (nSPS) is 10.9. The maximum absolute atomic E-state index is 12.1. The summed E-state index contributed by atoms with van der Waals surface area (Å²) in [5.41, 5.74) is 1.77. The van der Waals surface area contributed by atoms with Gasteiger partial charge in [-0.3, -0.25) is 0 Å². The lowest BCUT2D eigenvalue weighted by Crippen LogP contribution is -2.30. The molecule has 0 spiro atoms. The fraction of sp³-hybridized carbons (Fsp3) is 0.188. The van der Waals surface area contributed by atoms with Crippen molar-refractivity contribution in [3.63, 3.8) is 0 Å². The number of alkyl halides is 3. The lowest BCUT2D eigenvalue weighted by Gasteiger charge is -2.12. The number of thiocarbonyl (C=S) groups is 1. The molecule has 3 nitrogen and oxygen atoms in total. The van der Waals surface area contributed by atoms with E-state index in [9.17, 15) is 13.2 Å². The topological polar surface area (TPSA) is 33.3 Å². The molecule has 0 saturated heterocycles. The van der Waals surface area contributed by atoms with Gasteiger partial charge in [-0.15, -0.1) is 13.2 Å². The molecule has 0 bridgehead atoms. The van der Waals surface area contributed by atoms with E-state index in [2.05, 4.69) is 15.4 Å². The Morgan fingerprint density at radius 3 is 2.26 bits per heavy atom. The van der Waals surface area contributed by atoms with Crippen molar-refractivity contribution >= 4 is 23.0 Å². The van der Waals surface area contributed by atoms with Crippen molar-refractivity contribution in [1.29, 1.82) is 0 Å². The standard InChI is InChI=1S/C16H15F3N2OS/c17-16(18,19)22-14-8-6-13(7-9-14)21-15(23)20-11-10-12-4-2-1-3-5-12/h1-9H,10-11H2,(H2,20,21,23). The smallest absolute Gasteiger partial charge is 0.406 e. The molecule has 2 aromatic carbocycles. The van der Waals surface area contributed by atoms with Crippen LogP contribution in [0.3, 0.4) is 0 Å². The molecule has 0 amide bonds. The van der Waals surface area contributed by atoms with Gasteiger partial charge in [0.2, 0.25) is 0 Å². The highest BCUT2D eigenvalue weighted by Gasteiger charge is 2.30. The maximum Gasteiger partial charge on any atom is 0.573 e. The van der Waals surface area contributed by atoms with Crippen LogP contribution in [0.1, 0.15) is 5.56 Å². The minimum Gasteiger partial charge on any atom is -0.406 e. The average Bonchev–Trinajstić information content (AvgIpc) is 2.49. The van der Waals surface area contributed by atoms with Crippen LogP contribution >= 0.6 is 12.2 Å². The van der Waals surface area contributed by atoms with Crippen LogP contribution in [0.25, 0.3) is 0 Å². The van der Waals surface area contributed by atoms with E-state index in [1.807, 2.05) is 30.3 Å². The van der Waals surface area contributed by atoms with Gasteiger partial charge in [0.1, 0.15) is 5.75 Å². The number of rotatable bonds is 5. The Morgan fingerprint density at radius 1 is 1.00 bits per heavy atom. The van der Waals surface area contributed by atoms with Crippen LogP contribution in [0.2, 0.25) is 0 Å². The van der Waals surface area contributed by atoms with E-state index < -0.39 is 6.36 Å². The molecule has 2 aromatic rings. The molecular weight excluding hydrogens is 325 g/mol. The third kappa shape index (κ3) is 6.56. The first kappa shape index (κ1) is 17.1. The van der Waals surface area contributed by atoms with E-state index >= 15 is 0 Å². The number of anilines is 1. The number of hydrogen-bond acceptors (Lipinski definition) is 2. The zero-order chi connectivity index (χ0) is 16.7. The Hall–Kier alpha value is -2.28. The summed E-state index contributed by atoms with van der Waals surface area (Å²) in [7, 11) is 0. The zero-order valence-corrected chi connectivity index (χ0v) is 12.9. The third-order valence-electron chi connectivity index (χ3n) is 2.89. The lowest BCUT2D eigenvalue weighted by molar-refractivity contribution is -0.274. The molecule has 2 N–H and O–H groups in total. The van der Waals surface area contributed by atoms with Gasteiger partial charge < -0.3 is 15.4 Å². The first-order chi connectivity index (χ1) is 10.9. The van der Waals surface area contributed by atoms with Crippen molar-refractivity contribution < 1.29 is 17.9 Å². The number of ether oxygens (including phenoxy) is 1. The molecule has 0 heterocycles. The molecule has 0 fully saturated rings. The molecular formula is C16H15F3N2OS. The van der Waals surface area contributed by atoms with E-state index in [0.29, 0.717) is 17.3 Å². The van der Waals surface area contributed by atoms with Crippen molar-refractivity contribution in [2.45, 2.75) is 12.8 Å². The lowest BCUT2D eigenvalue weighted by atomic mass is 10.1. The van der Waals surface area contributed by atoms with Gasteiger partial charge in [0, 0.05) is 12.2 Å². The molecule has 0 saturated carbocycles. The Balaban J connectivity index is 1.76. The molecule has 0 aliphatic carbocycles. The molecule has 2 rings (SSSR count). The summed E-state index contributed by atoms with van der Waals surface area (Å²) in [5.74, 6) is -0.272. The van der Waals surface area contributed by atoms with Crippen LogP contribution in [0, 0.1) is 0 Å². The highest BCUT2D eigenvalue weighted by atomic mass is 32.1. The average molecular weight is 340 g/mol. The maximum atomic E-state index is 12.1. The van der Waals surface area contributed by atoms with Gasteiger partial charge in [-0.2, -0.15) is 0 Å². The molecule has 0 unspecified atom stereocenters. The van der Waals surface area contributed by atoms with Gasteiger partial charge in [0.05, 0.1) is 0 Å². The zero-order valence-electron chi connectivity index (χ0n) is 12.1. The molecule has 122 valence electrons. The fourth-order valence-corrected chi connectivity index (χ4v) is 2.10. The van der Waals surface area contributed by atoms with Crippen molar-refractivity contribution in [1.82, 2.24) is 5.32 Å². The Bertz CT molecular complexity index is 630. The molecule has 0 atom stereocenters. The summed E-state index contributed by atoms with van der Waals surface area (Å²) in [6.45, 7) is 0.658. The van der Waals surface area contributed by atoms with E-state index in [1.165, 1.54) is 29.8 Å². The molecule has 7 heteroatoms. The molecule has 0 aliphatic rings. The van der Waals surface area contributed by atoms with Crippen molar-refractivity contribution in [3.8, 4) is 5.75 Å². The summed E-state index contributed by atoms with van der Waals surface area (Å²) in [4.78, 5) is 0.